The van der Waals surface area contributed by atoms with Crippen molar-refractivity contribution in [1.29, 1.82) is 0 Å². The van der Waals surface area contributed by atoms with Crippen molar-refractivity contribution in [3.05, 3.63) is 59.8 Å². The molecule has 1 aromatic heterocycles. The molecule has 2 aromatic carbocycles. The number of hydrogen-bond acceptors (Lipinski definition) is 6. The van der Waals surface area contributed by atoms with E-state index in [0.717, 1.165) is 36.4 Å². The van der Waals surface area contributed by atoms with E-state index in [1.807, 2.05) is 0 Å². The zero-order chi connectivity index (χ0) is 25.6. The predicted molar refractivity (Wildman–Crippen MR) is 119 cm³/mol. The van der Waals surface area contributed by atoms with Gasteiger partial charge in [-0.1, -0.05) is 6.07 Å². The van der Waals surface area contributed by atoms with Crippen LogP contribution < -0.4 is 10.0 Å². The first-order valence-corrected chi connectivity index (χ1v) is 13.3. The highest BCUT2D eigenvalue weighted by Crippen LogP contribution is 2.39. The lowest BCUT2D eigenvalue weighted by atomic mass is 10.1. The highest BCUT2D eigenvalue weighted by molar-refractivity contribution is 7.91. The molecule has 14 heteroatoms. The van der Waals surface area contributed by atoms with E-state index in [9.17, 15) is 34.8 Å². The summed E-state index contributed by atoms with van der Waals surface area (Å²) in [6, 6.07) is 6.25. The van der Waals surface area contributed by atoms with E-state index in [-0.39, 0.29) is 5.56 Å². The fourth-order valence-electron chi connectivity index (χ4n) is 3.97. The number of aromatic nitrogens is 1. The lowest BCUT2D eigenvalue weighted by Crippen LogP contribution is -2.42. The molecule has 188 valence electrons. The Morgan fingerprint density at radius 1 is 1.03 bits per heavy atom. The van der Waals surface area contributed by atoms with E-state index in [0.29, 0.717) is 42.2 Å². The minimum absolute atomic E-state index is 0.199. The van der Waals surface area contributed by atoms with Gasteiger partial charge < -0.3 is 10.4 Å². The number of sulfonamides is 1. The Morgan fingerprint density at radius 3 is 2.23 bits per heavy atom. The average molecular weight is 532 g/mol. The highest BCUT2D eigenvalue weighted by atomic mass is 32.2. The number of piperidine rings is 1. The Balaban J connectivity index is 1.93. The Labute approximate surface area is 198 Å². The zero-order valence-corrected chi connectivity index (χ0v) is 19.5. The number of halogens is 3. The van der Waals surface area contributed by atoms with Crippen LogP contribution in [0.25, 0.3) is 10.9 Å². The zero-order valence-electron chi connectivity index (χ0n) is 17.9. The largest absolute Gasteiger partial charge is 0.478 e. The number of alkyl halides is 3. The minimum Gasteiger partial charge on any atom is -0.478 e. The van der Waals surface area contributed by atoms with Gasteiger partial charge in [-0.3, -0.25) is 0 Å². The molecule has 4 rings (SSSR count). The summed E-state index contributed by atoms with van der Waals surface area (Å²) in [6.45, 7) is 1.03. The molecular formula is C21H20F3N3O6S2. The summed E-state index contributed by atoms with van der Waals surface area (Å²) in [5.41, 5.74) is -1.97. The lowest BCUT2D eigenvalue weighted by Gasteiger charge is -2.23. The van der Waals surface area contributed by atoms with Crippen molar-refractivity contribution in [3.63, 3.8) is 0 Å². The smallest absolute Gasteiger partial charge is 0.417 e. The molecule has 1 aliphatic rings. The highest BCUT2D eigenvalue weighted by Gasteiger charge is 2.38. The van der Waals surface area contributed by atoms with Gasteiger partial charge in [0.25, 0.3) is 10.0 Å². The quantitative estimate of drug-likeness (QED) is 0.445. The van der Waals surface area contributed by atoms with Crippen molar-refractivity contribution in [1.82, 2.24) is 14.0 Å². The number of carboxylic acid groups (broad SMARTS) is 1. The number of benzene rings is 2. The second kappa shape index (κ2) is 8.93. The van der Waals surface area contributed by atoms with Crippen LogP contribution in [0.5, 0.6) is 0 Å². The molecule has 0 aliphatic carbocycles. The van der Waals surface area contributed by atoms with Gasteiger partial charge in [0.05, 0.1) is 21.5 Å². The third kappa shape index (κ3) is 4.78. The number of carboxylic acids is 1. The molecule has 35 heavy (non-hydrogen) atoms. The molecular weight excluding hydrogens is 511 g/mol. The maximum atomic E-state index is 13.9. The first kappa shape index (κ1) is 25.2. The predicted octanol–water partition coefficient (Wildman–Crippen LogP) is 2.63. The third-order valence-corrected chi connectivity index (χ3v) is 8.89. The molecule has 3 N–H and O–H groups in total. The summed E-state index contributed by atoms with van der Waals surface area (Å²) >= 11 is 0. The molecule has 1 fully saturated rings. The fourth-order valence-corrected chi connectivity index (χ4v) is 6.93. The minimum atomic E-state index is -4.96. The Hall–Kier alpha value is -2.94. The van der Waals surface area contributed by atoms with Gasteiger partial charge in [-0.15, -0.1) is 0 Å². The van der Waals surface area contributed by atoms with E-state index >= 15 is 0 Å². The second-order valence-corrected chi connectivity index (χ2v) is 11.5. The number of carbonyl (C=O) groups is 1. The van der Waals surface area contributed by atoms with Crippen LogP contribution in [0.3, 0.4) is 0 Å². The van der Waals surface area contributed by atoms with Crippen LogP contribution in [0.4, 0.5) is 13.2 Å². The van der Waals surface area contributed by atoms with Crippen LogP contribution in [0.1, 0.15) is 28.8 Å². The van der Waals surface area contributed by atoms with Crippen LogP contribution in [0.2, 0.25) is 0 Å². The Morgan fingerprint density at radius 2 is 1.66 bits per heavy atom. The van der Waals surface area contributed by atoms with Crippen LogP contribution in [-0.4, -0.2) is 51.0 Å². The Bertz CT molecular complexity index is 1490. The molecule has 2 heterocycles. The maximum Gasteiger partial charge on any atom is 0.417 e. The summed E-state index contributed by atoms with van der Waals surface area (Å²) in [4.78, 5) is 9.84. The summed E-state index contributed by atoms with van der Waals surface area (Å²) < 4.78 is 97.5. The van der Waals surface area contributed by atoms with Gasteiger partial charge >= 0.3 is 12.1 Å². The second-order valence-electron chi connectivity index (χ2n) is 7.97. The van der Waals surface area contributed by atoms with Crippen LogP contribution in [0, 0.1) is 0 Å². The molecule has 0 amide bonds. The van der Waals surface area contributed by atoms with Gasteiger partial charge in [-0.2, -0.15) is 13.2 Å². The van der Waals surface area contributed by atoms with E-state index in [2.05, 4.69) is 10.0 Å². The molecule has 0 radical (unpaired) electrons. The molecule has 1 aliphatic heterocycles. The normalized spacial score (nSPS) is 16.0. The van der Waals surface area contributed by atoms with E-state index in [1.165, 1.54) is 0 Å². The van der Waals surface area contributed by atoms with Crippen LogP contribution in [-0.2, 0) is 26.2 Å². The summed E-state index contributed by atoms with van der Waals surface area (Å²) in [5.74, 6) is -1.30. The molecule has 1 saturated heterocycles. The van der Waals surface area contributed by atoms with E-state index in [1.54, 1.807) is 0 Å². The summed E-state index contributed by atoms with van der Waals surface area (Å²) in [6.07, 6.45) is -3.47. The molecule has 0 unspecified atom stereocenters. The van der Waals surface area contributed by atoms with Gasteiger partial charge in [0, 0.05) is 17.6 Å². The fraction of sp³-hybridized carbons (Fsp3) is 0.286. The molecule has 0 spiro atoms. The Kier molecular flexibility index (Phi) is 6.42. The first-order valence-electron chi connectivity index (χ1n) is 10.4. The van der Waals surface area contributed by atoms with Gasteiger partial charge in [0.1, 0.15) is 4.90 Å². The van der Waals surface area contributed by atoms with E-state index < -0.39 is 64.5 Å². The molecule has 0 bridgehead atoms. The SMILES string of the molecule is O=C(O)c1ccc(S(=O)(=O)n2cc(S(=O)(=O)NC3CCNCC3)c3c(C(F)(F)F)cccc32)cc1. The molecule has 0 saturated carbocycles. The van der Waals surface area contributed by atoms with Gasteiger partial charge in [-0.25, -0.2) is 30.3 Å². The summed E-state index contributed by atoms with van der Waals surface area (Å²) in [5, 5.41) is 11.3. The van der Waals surface area contributed by atoms with Crippen molar-refractivity contribution in [2.24, 2.45) is 0 Å². The maximum absolute atomic E-state index is 13.9. The number of hydrogen-bond donors (Lipinski definition) is 3. The number of nitrogens with zero attached hydrogens (tertiary/aromatic N) is 1. The molecule has 9 nitrogen and oxygen atoms in total. The van der Waals surface area contributed by atoms with Crippen molar-refractivity contribution >= 4 is 36.9 Å². The van der Waals surface area contributed by atoms with Crippen molar-refractivity contribution < 1.29 is 39.9 Å². The number of aromatic carboxylic acids is 1. The lowest BCUT2D eigenvalue weighted by molar-refractivity contribution is -0.136. The van der Waals surface area contributed by atoms with Gasteiger partial charge in [0.15, 0.2) is 0 Å². The van der Waals surface area contributed by atoms with Gasteiger partial charge in [-0.05, 0) is 62.3 Å². The molecule has 0 atom stereocenters. The van der Waals surface area contributed by atoms with E-state index in [4.69, 9.17) is 5.11 Å². The standard InChI is InChI=1S/C21H20F3N3O6S2/c22-21(23,24)16-2-1-3-17-19(16)18(34(30,31)26-14-8-10-25-11-9-14)12-27(17)35(32,33)15-6-4-13(5-7-15)20(28)29/h1-7,12,14,25-26H,8-11H2,(H,28,29). The van der Waals surface area contributed by atoms with Crippen LogP contribution in [0.15, 0.2) is 58.5 Å². The summed E-state index contributed by atoms with van der Waals surface area (Å²) in [7, 11) is -9.14. The third-order valence-electron chi connectivity index (χ3n) is 5.67. The number of rotatable bonds is 6. The van der Waals surface area contributed by atoms with Crippen molar-refractivity contribution in [3.8, 4) is 0 Å². The molecule has 3 aromatic rings. The van der Waals surface area contributed by atoms with Crippen molar-refractivity contribution in [2.75, 3.05) is 13.1 Å². The van der Waals surface area contributed by atoms with Crippen molar-refractivity contribution in [2.45, 2.75) is 34.9 Å². The monoisotopic (exact) mass is 531 g/mol. The first-order chi connectivity index (χ1) is 16.3. The van der Waals surface area contributed by atoms with Crippen LogP contribution >= 0.6 is 0 Å². The number of nitrogens with one attached hydrogen (secondary N) is 2. The topological polar surface area (TPSA) is 135 Å². The number of fused-ring (bicyclic) bond motifs is 1. The average Bonchev–Trinajstić information content (AvgIpc) is 3.20. The van der Waals surface area contributed by atoms with Gasteiger partial charge in [0.2, 0.25) is 10.0 Å².